The molecule has 0 spiro atoms. The number of pyridine rings is 1. The van der Waals surface area contributed by atoms with E-state index in [1.165, 1.54) is 17.5 Å². The van der Waals surface area contributed by atoms with E-state index in [0.717, 1.165) is 24.1 Å². The Morgan fingerprint density at radius 3 is 2.84 bits per heavy atom. The van der Waals surface area contributed by atoms with Crippen LogP contribution in [0.4, 0.5) is 11.5 Å². The number of carbonyl (C=O) groups is 2. The smallest absolute Gasteiger partial charge is 0.313 e. The number of nitrogens with one attached hydrogen (secondary N) is 1. The summed E-state index contributed by atoms with van der Waals surface area (Å²) in [5.74, 6) is -0.454. The predicted octanol–water partition coefficient (Wildman–Crippen LogP) is 2.37. The number of nitrogens with two attached hydrogens (primary N) is 1. The lowest BCUT2D eigenvalue weighted by molar-refractivity contribution is -0.146. The number of aromatic nitrogens is 2. The first-order chi connectivity index (χ1) is 12.0. The number of nitrogen functional groups attached to an aromatic ring is 1. The predicted molar refractivity (Wildman–Crippen MR) is 97.0 cm³/mol. The normalized spacial score (nSPS) is 20.3. The highest BCUT2D eigenvalue weighted by atomic mass is 32.1. The van der Waals surface area contributed by atoms with Gasteiger partial charge in [-0.2, -0.15) is 0 Å². The van der Waals surface area contributed by atoms with Gasteiger partial charge in [0.25, 0.3) is 0 Å². The van der Waals surface area contributed by atoms with Crippen molar-refractivity contribution < 1.29 is 9.59 Å². The van der Waals surface area contributed by atoms with Crippen LogP contribution in [0.5, 0.6) is 0 Å². The van der Waals surface area contributed by atoms with Crippen molar-refractivity contribution in [3.8, 4) is 0 Å². The Bertz CT molecular complexity index is 777. The van der Waals surface area contributed by atoms with E-state index in [0.29, 0.717) is 24.0 Å². The van der Waals surface area contributed by atoms with Crippen molar-refractivity contribution in [2.75, 3.05) is 17.6 Å². The first-order valence-corrected chi connectivity index (χ1v) is 9.12. The van der Waals surface area contributed by atoms with E-state index >= 15 is 0 Å². The number of amides is 2. The van der Waals surface area contributed by atoms with Crippen LogP contribution in [0.2, 0.25) is 0 Å². The van der Waals surface area contributed by atoms with Gasteiger partial charge in [0, 0.05) is 11.9 Å². The van der Waals surface area contributed by atoms with Gasteiger partial charge in [-0.05, 0) is 37.3 Å². The maximum Gasteiger partial charge on any atom is 0.313 e. The molecule has 1 fully saturated rings. The van der Waals surface area contributed by atoms with Gasteiger partial charge in [-0.3, -0.25) is 9.59 Å². The third kappa shape index (κ3) is 3.79. The Labute approximate surface area is 150 Å². The summed E-state index contributed by atoms with van der Waals surface area (Å²) in [6, 6.07) is 1.55. The largest absolute Gasteiger partial charge is 0.383 e. The average molecular weight is 359 g/mol. The average Bonchev–Trinajstić information content (AvgIpc) is 3.11. The molecule has 0 aromatic carbocycles. The monoisotopic (exact) mass is 359 g/mol. The van der Waals surface area contributed by atoms with Crippen LogP contribution < -0.4 is 11.1 Å². The van der Waals surface area contributed by atoms with Gasteiger partial charge >= 0.3 is 11.8 Å². The number of carbonyl (C=O) groups excluding carboxylic acids is 2. The van der Waals surface area contributed by atoms with Gasteiger partial charge < -0.3 is 16.0 Å². The summed E-state index contributed by atoms with van der Waals surface area (Å²) < 4.78 is 0. The number of piperidine rings is 1. The van der Waals surface area contributed by atoms with Crippen molar-refractivity contribution in [1.29, 1.82) is 0 Å². The second-order valence-corrected chi connectivity index (χ2v) is 7.17. The molecule has 3 rings (SSSR count). The molecule has 2 amide bonds. The Kier molecular flexibility index (Phi) is 4.98. The van der Waals surface area contributed by atoms with Gasteiger partial charge in [0.2, 0.25) is 0 Å². The SMILES string of the molecule is Cc1cc(NC(=O)C(=O)N2C[C@@H](C)CC[C@@H]2c2cscn2)cnc1N. The fourth-order valence-electron chi connectivity index (χ4n) is 3.04. The van der Waals surface area contributed by atoms with Crippen LogP contribution in [0, 0.1) is 12.8 Å². The fourth-order valence-corrected chi connectivity index (χ4v) is 3.64. The van der Waals surface area contributed by atoms with E-state index < -0.39 is 11.8 Å². The summed E-state index contributed by atoms with van der Waals surface area (Å²) in [6.45, 7) is 4.43. The van der Waals surface area contributed by atoms with Crippen LogP contribution in [0.25, 0.3) is 0 Å². The highest BCUT2D eigenvalue weighted by molar-refractivity contribution is 7.07. The molecule has 2 aromatic heterocycles. The van der Waals surface area contributed by atoms with Gasteiger partial charge in [0.1, 0.15) is 5.82 Å². The maximum absolute atomic E-state index is 12.7. The van der Waals surface area contributed by atoms with E-state index in [4.69, 9.17) is 5.73 Å². The lowest BCUT2D eigenvalue weighted by Crippen LogP contribution is -2.46. The number of nitrogens with zero attached hydrogens (tertiary/aromatic N) is 3. The minimum absolute atomic E-state index is 0.146. The minimum Gasteiger partial charge on any atom is -0.383 e. The molecule has 2 atom stereocenters. The first kappa shape index (κ1) is 17.3. The topological polar surface area (TPSA) is 101 Å². The summed E-state index contributed by atoms with van der Waals surface area (Å²) >= 11 is 1.49. The second-order valence-electron chi connectivity index (χ2n) is 6.45. The Hall–Kier alpha value is -2.48. The van der Waals surface area contributed by atoms with Crippen LogP contribution in [0.15, 0.2) is 23.2 Å². The molecule has 0 unspecified atom stereocenters. The number of thiazole rings is 1. The summed E-state index contributed by atoms with van der Waals surface area (Å²) in [7, 11) is 0. The van der Waals surface area contributed by atoms with Crippen molar-refractivity contribution in [3.05, 3.63) is 34.4 Å². The molecule has 3 N–H and O–H groups in total. The first-order valence-electron chi connectivity index (χ1n) is 8.18. The van der Waals surface area contributed by atoms with Crippen molar-refractivity contribution in [3.63, 3.8) is 0 Å². The zero-order valence-electron chi connectivity index (χ0n) is 14.2. The van der Waals surface area contributed by atoms with Crippen LogP contribution in [-0.2, 0) is 9.59 Å². The van der Waals surface area contributed by atoms with Gasteiger partial charge in [0.15, 0.2) is 0 Å². The maximum atomic E-state index is 12.7. The van der Waals surface area contributed by atoms with E-state index in [1.807, 2.05) is 5.38 Å². The second kappa shape index (κ2) is 7.18. The summed E-state index contributed by atoms with van der Waals surface area (Å²) in [4.78, 5) is 35.2. The molecular formula is C17H21N5O2S. The third-order valence-corrected chi connectivity index (χ3v) is 5.05. The lowest BCUT2D eigenvalue weighted by Gasteiger charge is -2.37. The number of hydrogen-bond acceptors (Lipinski definition) is 6. The zero-order chi connectivity index (χ0) is 18.0. The molecule has 0 saturated carbocycles. The Morgan fingerprint density at radius 1 is 1.36 bits per heavy atom. The van der Waals surface area contributed by atoms with Crippen molar-refractivity contribution in [1.82, 2.24) is 14.9 Å². The molecule has 1 aliphatic rings. The molecule has 0 radical (unpaired) electrons. The number of rotatable bonds is 2. The molecule has 8 heteroatoms. The van der Waals surface area contributed by atoms with Crippen molar-refractivity contribution >= 4 is 34.7 Å². The Balaban J connectivity index is 1.76. The van der Waals surface area contributed by atoms with Crippen molar-refractivity contribution in [2.45, 2.75) is 32.7 Å². The number of anilines is 2. The molecule has 1 aliphatic heterocycles. The van der Waals surface area contributed by atoms with Crippen molar-refractivity contribution in [2.24, 2.45) is 5.92 Å². The molecule has 1 saturated heterocycles. The fraction of sp³-hybridized carbons (Fsp3) is 0.412. The lowest BCUT2D eigenvalue weighted by atomic mass is 9.92. The summed E-state index contributed by atoms with van der Waals surface area (Å²) in [6.07, 6.45) is 3.27. The van der Waals surface area contributed by atoms with Crippen LogP contribution in [0.3, 0.4) is 0 Å². The minimum atomic E-state index is -0.666. The highest BCUT2D eigenvalue weighted by Gasteiger charge is 2.35. The Morgan fingerprint density at radius 2 is 2.16 bits per heavy atom. The van der Waals surface area contributed by atoms with Gasteiger partial charge in [-0.25, -0.2) is 9.97 Å². The quantitative estimate of drug-likeness (QED) is 0.802. The van der Waals surface area contributed by atoms with Gasteiger partial charge in [-0.1, -0.05) is 6.92 Å². The number of aryl methyl sites for hydroxylation is 1. The van der Waals surface area contributed by atoms with E-state index in [2.05, 4.69) is 22.2 Å². The molecule has 3 heterocycles. The standard InChI is InChI=1S/C17H21N5O2S/c1-10-3-4-14(13-8-25-9-20-13)22(7-10)17(24)16(23)21-12-5-11(2)15(18)19-6-12/h5-6,8-10,14H,3-4,7H2,1-2H3,(H2,18,19)(H,21,23)/t10-,14+/m0/s1. The summed E-state index contributed by atoms with van der Waals surface area (Å²) in [5.41, 5.74) is 9.48. The molecular weight excluding hydrogens is 338 g/mol. The molecule has 25 heavy (non-hydrogen) atoms. The molecule has 0 aliphatic carbocycles. The summed E-state index contributed by atoms with van der Waals surface area (Å²) in [5, 5.41) is 4.56. The van der Waals surface area contributed by atoms with Crippen LogP contribution >= 0.6 is 11.3 Å². The molecule has 2 aromatic rings. The van der Waals surface area contributed by atoms with E-state index in [1.54, 1.807) is 23.4 Å². The van der Waals surface area contributed by atoms with E-state index in [-0.39, 0.29) is 6.04 Å². The third-order valence-electron chi connectivity index (χ3n) is 4.44. The molecule has 0 bridgehead atoms. The zero-order valence-corrected chi connectivity index (χ0v) is 15.0. The van der Waals surface area contributed by atoms with E-state index in [9.17, 15) is 9.59 Å². The van der Waals surface area contributed by atoms with Gasteiger partial charge in [0.05, 0.1) is 29.1 Å². The van der Waals surface area contributed by atoms with Crippen LogP contribution in [0.1, 0.15) is 37.1 Å². The van der Waals surface area contributed by atoms with Gasteiger partial charge in [-0.15, -0.1) is 11.3 Å². The molecule has 7 nitrogen and oxygen atoms in total. The highest BCUT2D eigenvalue weighted by Crippen LogP contribution is 2.33. The molecule has 132 valence electrons. The van der Waals surface area contributed by atoms with Crippen LogP contribution in [-0.4, -0.2) is 33.2 Å². The number of hydrogen-bond donors (Lipinski definition) is 2. The number of likely N-dealkylation sites (tertiary alicyclic amines) is 1.